The SMILES string of the molecule is CCN1/C(=C2/SC(c3ccc(Cl)cc3Cl)=NN2c2ccc(Cl)cc2Cl)C(=S)Sc2ssc(=O)c21. The van der Waals surface area contributed by atoms with E-state index in [1.165, 1.54) is 44.2 Å². The number of fused-ring (bicyclic) bond motifs is 1. The smallest absolute Gasteiger partial charge is 0.267 e. The molecule has 0 bridgehead atoms. The molecule has 3 aromatic rings. The largest absolute Gasteiger partial charge is 0.332 e. The van der Waals surface area contributed by atoms with E-state index in [1.54, 1.807) is 35.3 Å². The molecule has 0 atom stereocenters. The van der Waals surface area contributed by atoms with Gasteiger partial charge in [0.1, 0.15) is 24.2 Å². The second-order valence-electron chi connectivity index (χ2n) is 6.92. The summed E-state index contributed by atoms with van der Waals surface area (Å²) in [5.41, 5.74) is 2.74. The number of anilines is 2. The molecular formula is C21H11Cl4N3OS5. The van der Waals surface area contributed by atoms with Gasteiger partial charge in [0.25, 0.3) is 4.74 Å². The van der Waals surface area contributed by atoms with Gasteiger partial charge in [-0.2, -0.15) is 5.10 Å². The third-order valence-corrected chi connectivity index (χ3v) is 11.0. The standard InChI is InChI=1S/C21H11Cl4N3OS5/c1-2-27-15(20(30)32-21-16(27)19(29)33-34-21)18-28(14-6-4-10(23)8-13(14)25)26-17(31-18)11-5-3-9(22)7-12(11)24/h3-8H,2H2,1H3/b18-15+. The Kier molecular flexibility index (Phi) is 7.30. The maximum atomic E-state index is 12.7. The van der Waals surface area contributed by atoms with Crippen molar-refractivity contribution in [3.8, 4) is 0 Å². The van der Waals surface area contributed by atoms with E-state index in [0.29, 0.717) is 47.3 Å². The van der Waals surface area contributed by atoms with Crippen LogP contribution < -0.4 is 14.7 Å². The molecular weight excluding hydrogens is 612 g/mol. The van der Waals surface area contributed by atoms with E-state index in [9.17, 15) is 4.79 Å². The highest BCUT2D eigenvalue weighted by atomic mass is 35.5. The molecule has 4 nitrogen and oxygen atoms in total. The molecule has 1 aromatic heterocycles. The molecule has 2 aromatic carbocycles. The first-order valence-electron chi connectivity index (χ1n) is 9.62. The summed E-state index contributed by atoms with van der Waals surface area (Å²) in [6.45, 7) is 2.55. The third-order valence-electron chi connectivity index (χ3n) is 4.89. The summed E-state index contributed by atoms with van der Waals surface area (Å²) in [4.78, 5) is 14.7. The van der Waals surface area contributed by atoms with E-state index in [0.717, 1.165) is 20.5 Å². The molecule has 0 saturated heterocycles. The number of halogens is 4. The van der Waals surface area contributed by atoms with Crippen LogP contribution in [0.2, 0.25) is 20.1 Å². The van der Waals surface area contributed by atoms with Crippen molar-refractivity contribution in [2.24, 2.45) is 5.10 Å². The molecule has 34 heavy (non-hydrogen) atoms. The van der Waals surface area contributed by atoms with Crippen LogP contribution in [0.4, 0.5) is 11.4 Å². The average molecular weight is 623 g/mol. The van der Waals surface area contributed by atoms with E-state index in [4.69, 9.17) is 63.7 Å². The molecule has 0 radical (unpaired) electrons. The summed E-state index contributed by atoms with van der Waals surface area (Å²) < 4.78 is 1.57. The fourth-order valence-electron chi connectivity index (χ4n) is 3.43. The molecule has 13 heteroatoms. The first-order chi connectivity index (χ1) is 16.3. The summed E-state index contributed by atoms with van der Waals surface area (Å²) in [6.07, 6.45) is 0. The second kappa shape index (κ2) is 9.95. The van der Waals surface area contributed by atoms with Crippen LogP contribution in [-0.2, 0) is 0 Å². The van der Waals surface area contributed by atoms with Gasteiger partial charge in [0.2, 0.25) is 0 Å². The molecule has 174 valence electrons. The van der Waals surface area contributed by atoms with Crippen LogP contribution in [-0.4, -0.2) is 15.8 Å². The van der Waals surface area contributed by atoms with Crippen LogP contribution in [0.1, 0.15) is 12.5 Å². The van der Waals surface area contributed by atoms with Crippen LogP contribution in [0.5, 0.6) is 0 Å². The minimum atomic E-state index is 0.0101. The van der Waals surface area contributed by atoms with Gasteiger partial charge in [-0.1, -0.05) is 80.7 Å². The summed E-state index contributed by atoms with van der Waals surface area (Å²) >= 11 is 34.0. The van der Waals surface area contributed by atoms with Gasteiger partial charge in [-0.05, 0) is 65.4 Å². The minimum absolute atomic E-state index is 0.0101. The Hall–Kier alpha value is -0.750. The molecule has 0 aliphatic carbocycles. The van der Waals surface area contributed by atoms with Gasteiger partial charge >= 0.3 is 0 Å². The number of nitrogens with zero attached hydrogens (tertiary/aromatic N) is 3. The molecule has 3 heterocycles. The van der Waals surface area contributed by atoms with Crippen molar-refractivity contribution in [2.45, 2.75) is 11.1 Å². The Morgan fingerprint density at radius 2 is 1.68 bits per heavy atom. The van der Waals surface area contributed by atoms with Gasteiger partial charge in [0, 0.05) is 22.2 Å². The highest BCUT2D eigenvalue weighted by Gasteiger charge is 2.37. The first-order valence-corrected chi connectivity index (χ1v) is 15.3. The zero-order valence-corrected chi connectivity index (χ0v) is 24.1. The molecule has 0 amide bonds. The van der Waals surface area contributed by atoms with Crippen molar-refractivity contribution in [1.82, 2.24) is 0 Å². The Morgan fingerprint density at radius 1 is 0.971 bits per heavy atom. The van der Waals surface area contributed by atoms with Crippen molar-refractivity contribution in [2.75, 3.05) is 16.5 Å². The van der Waals surface area contributed by atoms with E-state index in [2.05, 4.69) is 0 Å². The number of thiocarbonyl (C=S) groups is 1. The van der Waals surface area contributed by atoms with E-state index < -0.39 is 0 Å². The van der Waals surface area contributed by atoms with Gasteiger partial charge in [0.15, 0.2) is 0 Å². The molecule has 0 spiro atoms. The Morgan fingerprint density at radius 3 is 2.35 bits per heavy atom. The van der Waals surface area contributed by atoms with Crippen LogP contribution in [0, 0.1) is 0 Å². The van der Waals surface area contributed by atoms with Crippen molar-refractivity contribution in [3.05, 3.63) is 82.3 Å². The Bertz CT molecular complexity index is 1460. The van der Waals surface area contributed by atoms with Crippen LogP contribution in [0.15, 0.2) is 61.2 Å². The molecule has 2 aliphatic heterocycles. The summed E-state index contributed by atoms with van der Waals surface area (Å²) in [5.74, 6) is 0. The highest BCUT2D eigenvalue weighted by Crippen LogP contribution is 2.49. The fourth-order valence-corrected chi connectivity index (χ4v) is 9.89. The monoisotopic (exact) mass is 621 g/mol. The zero-order valence-electron chi connectivity index (χ0n) is 17.0. The predicted molar refractivity (Wildman–Crippen MR) is 156 cm³/mol. The van der Waals surface area contributed by atoms with Crippen LogP contribution in [0.25, 0.3) is 0 Å². The van der Waals surface area contributed by atoms with E-state index in [-0.39, 0.29) is 4.74 Å². The number of benzene rings is 2. The molecule has 0 fully saturated rings. The second-order valence-corrected chi connectivity index (χ2v) is 13.6. The zero-order chi connectivity index (χ0) is 24.1. The lowest BCUT2D eigenvalue weighted by Crippen LogP contribution is -2.34. The lowest BCUT2D eigenvalue weighted by atomic mass is 10.2. The van der Waals surface area contributed by atoms with Crippen LogP contribution >= 0.6 is 103 Å². The van der Waals surface area contributed by atoms with Crippen LogP contribution in [0.3, 0.4) is 0 Å². The van der Waals surface area contributed by atoms with Gasteiger partial charge in [0.05, 0.1) is 21.4 Å². The Balaban J connectivity index is 1.73. The number of thioether (sulfide) groups is 2. The maximum Gasteiger partial charge on any atom is 0.267 e. The number of hydrazone groups is 1. The minimum Gasteiger partial charge on any atom is -0.332 e. The lowest BCUT2D eigenvalue weighted by molar-refractivity contribution is 0.956. The van der Waals surface area contributed by atoms with Gasteiger partial charge in [-0.25, -0.2) is 5.01 Å². The summed E-state index contributed by atoms with van der Waals surface area (Å²) in [6, 6.07) is 10.5. The number of rotatable bonds is 3. The summed E-state index contributed by atoms with van der Waals surface area (Å²) in [5, 5.41) is 9.93. The molecule has 2 aliphatic rings. The number of hydrogen-bond donors (Lipinski definition) is 0. The molecule has 0 N–H and O–H groups in total. The van der Waals surface area contributed by atoms with Crippen molar-refractivity contribution in [3.63, 3.8) is 0 Å². The fraction of sp³-hybridized carbons (Fsp3) is 0.0952. The lowest BCUT2D eigenvalue weighted by Gasteiger charge is -2.32. The molecule has 5 rings (SSSR count). The highest BCUT2D eigenvalue weighted by molar-refractivity contribution is 8.25. The summed E-state index contributed by atoms with van der Waals surface area (Å²) in [7, 11) is 2.66. The quantitative estimate of drug-likeness (QED) is 0.165. The van der Waals surface area contributed by atoms with E-state index >= 15 is 0 Å². The van der Waals surface area contributed by atoms with Gasteiger partial charge < -0.3 is 4.90 Å². The van der Waals surface area contributed by atoms with Crippen molar-refractivity contribution < 1.29 is 0 Å². The van der Waals surface area contributed by atoms with Crippen molar-refractivity contribution in [1.29, 1.82) is 0 Å². The van der Waals surface area contributed by atoms with Gasteiger partial charge in [-0.15, -0.1) is 0 Å². The third kappa shape index (κ3) is 4.44. The van der Waals surface area contributed by atoms with E-state index in [1.807, 2.05) is 17.9 Å². The van der Waals surface area contributed by atoms with Gasteiger partial charge in [-0.3, -0.25) is 4.79 Å². The normalized spacial score (nSPS) is 17.9. The first kappa shape index (κ1) is 24.9. The molecule has 0 saturated carbocycles. The van der Waals surface area contributed by atoms with Crippen molar-refractivity contribution >= 4 is 123 Å². The maximum absolute atomic E-state index is 12.7. The number of hydrogen-bond acceptors (Lipinski definition) is 9. The average Bonchev–Trinajstić information content (AvgIpc) is 3.36. The molecule has 0 unspecified atom stereocenters. The Labute approximate surface area is 236 Å². The predicted octanol–water partition coefficient (Wildman–Crippen LogP) is 8.83. The topological polar surface area (TPSA) is 35.9 Å².